The number of hydrogen-bond donors (Lipinski definition) is 2. The van der Waals surface area contributed by atoms with Gasteiger partial charge in [-0.15, -0.1) is 0 Å². The average molecular weight is 338 g/mol. The standard InChI is InChI=1S/C23H30O2/c1-7-8-19-13-17(11-15(2)21(19)24)9-10-18-12-16(3)22(25)20(14-18)23(4,5)6/h9-14,24-25H,7-8H2,1-6H3. The Bertz CT molecular complexity index is 793. The summed E-state index contributed by atoms with van der Waals surface area (Å²) in [6, 6.07) is 8.11. The molecule has 0 bridgehead atoms. The van der Waals surface area contributed by atoms with Crippen molar-refractivity contribution in [1.82, 2.24) is 0 Å². The molecule has 0 aromatic heterocycles. The molecule has 0 aliphatic rings. The maximum absolute atomic E-state index is 10.4. The van der Waals surface area contributed by atoms with E-state index < -0.39 is 0 Å². The first-order chi connectivity index (χ1) is 11.6. The maximum Gasteiger partial charge on any atom is 0.122 e. The largest absolute Gasteiger partial charge is 0.507 e. The van der Waals surface area contributed by atoms with Gasteiger partial charge in [-0.1, -0.05) is 46.3 Å². The van der Waals surface area contributed by atoms with Crippen LogP contribution < -0.4 is 0 Å². The van der Waals surface area contributed by atoms with E-state index in [-0.39, 0.29) is 5.41 Å². The van der Waals surface area contributed by atoms with Crippen molar-refractivity contribution in [2.45, 2.75) is 59.8 Å². The van der Waals surface area contributed by atoms with Gasteiger partial charge in [-0.25, -0.2) is 0 Å². The lowest BCUT2D eigenvalue weighted by atomic mass is 9.84. The highest BCUT2D eigenvalue weighted by Crippen LogP contribution is 2.34. The third-order valence-corrected chi connectivity index (χ3v) is 4.52. The van der Waals surface area contributed by atoms with Gasteiger partial charge in [0, 0.05) is 5.56 Å². The van der Waals surface area contributed by atoms with Crippen molar-refractivity contribution >= 4 is 12.2 Å². The molecule has 2 aromatic carbocycles. The molecule has 0 aliphatic carbocycles. The molecule has 2 aromatic rings. The average Bonchev–Trinajstić information content (AvgIpc) is 2.52. The minimum absolute atomic E-state index is 0.109. The van der Waals surface area contributed by atoms with Crippen molar-refractivity contribution in [3.63, 3.8) is 0 Å². The molecule has 0 saturated heterocycles. The second kappa shape index (κ2) is 7.35. The van der Waals surface area contributed by atoms with Gasteiger partial charge in [-0.3, -0.25) is 0 Å². The second-order valence-electron chi connectivity index (χ2n) is 7.91. The van der Waals surface area contributed by atoms with Crippen molar-refractivity contribution < 1.29 is 10.2 Å². The zero-order chi connectivity index (χ0) is 18.8. The van der Waals surface area contributed by atoms with E-state index in [4.69, 9.17) is 0 Å². The van der Waals surface area contributed by atoms with Crippen LogP contribution in [0.3, 0.4) is 0 Å². The fourth-order valence-electron chi connectivity index (χ4n) is 3.11. The summed E-state index contributed by atoms with van der Waals surface area (Å²) in [5.74, 6) is 0.796. The predicted octanol–water partition coefficient (Wildman–Crippen LogP) is 6.14. The van der Waals surface area contributed by atoms with Gasteiger partial charge < -0.3 is 10.2 Å². The van der Waals surface area contributed by atoms with E-state index in [9.17, 15) is 10.2 Å². The van der Waals surface area contributed by atoms with Crippen LogP contribution in [0.15, 0.2) is 24.3 Å². The van der Waals surface area contributed by atoms with Gasteiger partial charge in [0.1, 0.15) is 11.5 Å². The first-order valence-electron chi connectivity index (χ1n) is 8.98. The van der Waals surface area contributed by atoms with Crippen LogP contribution in [0.5, 0.6) is 11.5 Å². The molecule has 25 heavy (non-hydrogen) atoms. The normalized spacial score (nSPS) is 12.1. The minimum Gasteiger partial charge on any atom is -0.507 e. The Balaban J connectivity index is 2.42. The Morgan fingerprint density at radius 3 is 1.88 bits per heavy atom. The lowest BCUT2D eigenvalue weighted by molar-refractivity contribution is 0.443. The molecule has 2 heteroatoms. The Hall–Kier alpha value is -2.22. The van der Waals surface area contributed by atoms with Crippen molar-refractivity contribution in [3.8, 4) is 11.5 Å². The van der Waals surface area contributed by atoms with E-state index in [2.05, 4.69) is 52.0 Å². The fraction of sp³-hybridized carbons (Fsp3) is 0.391. The lowest BCUT2D eigenvalue weighted by Gasteiger charge is -2.22. The van der Waals surface area contributed by atoms with Crippen LogP contribution in [0.1, 0.15) is 67.5 Å². The quantitative estimate of drug-likeness (QED) is 0.658. The molecular formula is C23H30O2. The monoisotopic (exact) mass is 338 g/mol. The molecule has 0 spiro atoms. The number of benzene rings is 2. The Morgan fingerprint density at radius 2 is 1.36 bits per heavy atom. The summed E-state index contributed by atoms with van der Waals surface area (Å²) in [4.78, 5) is 0. The van der Waals surface area contributed by atoms with Gasteiger partial charge >= 0.3 is 0 Å². The van der Waals surface area contributed by atoms with Crippen LogP contribution in [0.4, 0.5) is 0 Å². The van der Waals surface area contributed by atoms with Gasteiger partial charge in [0.2, 0.25) is 0 Å². The van der Waals surface area contributed by atoms with Crippen LogP contribution in [0.2, 0.25) is 0 Å². The number of phenols is 2. The SMILES string of the molecule is CCCc1cc(C=Cc2cc(C)c(O)c(C(C)(C)C)c2)cc(C)c1O. The molecular weight excluding hydrogens is 308 g/mol. The van der Waals surface area contributed by atoms with Crippen molar-refractivity contribution in [3.05, 3.63) is 57.6 Å². The summed E-state index contributed by atoms with van der Waals surface area (Å²) in [5, 5.41) is 20.5. The second-order valence-corrected chi connectivity index (χ2v) is 7.91. The number of rotatable bonds is 4. The molecule has 0 atom stereocenters. The number of aromatic hydroxyl groups is 2. The predicted molar refractivity (Wildman–Crippen MR) is 107 cm³/mol. The molecule has 0 aliphatic heterocycles. The molecule has 2 nitrogen and oxygen atoms in total. The van der Waals surface area contributed by atoms with E-state index in [1.165, 1.54) is 0 Å². The number of hydrogen-bond acceptors (Lipinski definition) is 2. The molecule has 2 rings (SSSR count). The van der Waals surface area contributed by atoms with Gasteiger partial charge in [-0.2, -0.15) is 0 Å². The molecule has 0 heterocycles. The highest BCUT2D eigenvalue weighted by Gasteiger charge is 2.19. The summed E-state index contributed by atoms with van der Waals surface area (Å²) in [6.07, 6.45) is 6.03. The van der Waals surface area contributed by atoms with Gasteiger partial charge in [0.25, 0.3) is 0 Å². The minimum atomic E-state index is -0.109. The summed E-state index contributed by atoms with van der Waals surface area (Å²) < 4.78 is 0. The van der Waals surface area contributed by atoms with E-state index in [0.717, 1.165) is 46.2 Å². The van der Waals surface area contributed by atoms with E-state index in [0.29, 0.717) is 11.5 Å². The Kier molecular flexibility index (Phi) is 5.62. The van der Waals surface area contributed by atoms with Gasteiger partial charge in [0.15, 0.2) is 0 Å². The summed E-state index contributed by atoms with van der Waals surface area (Å²) in [5.41, 5.74) is 5.80. The number of phenolic OH excluding ortho intramolecular Hbond substituents is 2. The maximum atomic E-state index is 10.4. The third-order valence-electron chi connectivity index (χ3n) is 4.52. The summed E-state index contributed by atoms with van der Waals surface area (Å²) in [7, 11) is 0. The highest BCUT2D eigenvalue weighted by molar-refractivity contribution is 5.72. The van der Waals surface area contributed by atoms with Crippen molar-refractivity contribution in [2.75, 3.05) is 0 Å². The molecule has 0 unspecified atom stereocenters. The van der Waals surface area contributed by atoms with Crippen LogP contribution >= 0.6 is 0 Å². The van der Waals surface area contributed by atoms with E-state index in [1.807, 2.05) is 26.0 Å². The first-order valence-corrected chi connectivity index (χ1v) is 8.98. The highest BCUT2D eigenvalue weighted by atomic mass is 16.3. The van der Waals surface area contributed by atoms with Crippen molar-refractivity contribution in [2.24, 2.45) is 0 Å². The van der Waals surface area contributed by atoms with Crippen LogP contribution in [0.25, 0.3) is 12.2 Å². The zero-order valence-corrected chi connectivity index (χ0v) is 16.3. The summed E-state index contributed by atoms with van der Waals surface area (Å²) >= 11 is 0. The Morgan fingerprint density at radius 1 is 0.840 bits per heavy atom. The van der Waals surface area contributed by atoms with Gasteiger partial charge in [0.05, 0.1) is 0 Å². The fourth-order valence-corrected chi connectivity index (χ4v) is 3.11. The van der Waals surface area contributed by atoms with Crippen molar-refractivity contribution in [1.29, 1.82) is 0 Å². The topological polar surface area (TPSA) is 40.5 Å². The Labute approximate surface area is 151 Å². The smallest absolute Gasteiger partial charge is 0.122 e. The molecule has 0 fully saturated rings. The van der Waals surface area contributed by atoms with E-state index >= 15 is 0 Å². The number of aryl methyl sites for hydroxylation is 3. The molecule has 0 saturated carbocycles. The summed E-state index contributed by atoms with van der Waals surface area (Å²) in [6.45, 7) is 12.3. The van der Waals surface area contributed by atoms with Gasteiger partial charge in [-0.05, 0) is 77.8 Å². The molecule has 0 amide bonds. The van der Waals surface area contributed by atoms with Crippen LogP contribution in [0, 0.1) is 13.8 Å². The lowest BCUT2D eigenvalue weighted by Crippen LogP contribution is -2.12. The molecule has 2 N–H and O–H groups in total. The molecule has 0 radical (unpaired) electrons. The van der Waals surface area contributed by atoms with E-state index in [1.54, 1.807) is 0 Å². The van der Waals surface area contributed by atoms with Crippen LogP contribution in [-0.4, -0.2) is 10.2 Å². The first kappa shape index (κ1) is 19.1. The molecule has 134 valence electrons. The zero-order valence-electron chi connectivity index (χ0n) is 16.3. The van der Waals surface area contributed by atoms with Crippen LogP contribution in [-0.2, 0) is 11.8 Å². The third kappa shape index (κ3) is 4.45.